The monoisotopic (exact) mass is 280 g/mol. The maximum atomic E-state index is 11.8. The summed E-state index contributed by atoms with van der Waals surface area (Å²) in [7, 11) is 0. The number of carbonyl (C=O) groups excluding carboxylic acids is 1. The van der Waals surface area contributed by atoms with Crippen LogP contribution >= 0.6 is 24.0 Å². The highest BCUT2D eigenvalue weighted by molar-refractivity contribution is 6.29. The van der Waals surface area contributed by atoms with E-state index < -0.39 is 0 Å². The molecule has 0 unspecified atom stereocenters. The molecule has 1 amide bonds. The van der Waals surface area contributed by atoms with Crippen LogP contribution in [0.4, 0.5) is 0 Å². The fourth-order valence-corrected chi connectivity index (χ4v) is 1.65. The molecule has 0 radical (unpaired) electrons. The van der Waals surface area contributed by atoms with Crippen LogP contribution in [0.2, 0.25) is 5.22 Å². The molecule has 17 heavy (non-hydrogen) atoms. The SMILES string of the molecule is CCC(CC)(CN)NC(=O)c1ccc(Cl)o1.Cl. The van der Waals surface area contributed by atoms with E-state index in [0.29, 0.717) is 6.54 Å². The van der Waals surface area contributed by atoms with Gasteiger partial charge in [-0.25, -0.2) is 0 Å². The van der Waals surface area contributed by atoms with Crippen molar-refractivity contribution < 1.29 is 9.21 Å². The van der Waals surface area contributed by atoms with Crippen molar-refractivity contribution >= 4 is 29.9 Å². The summed E-state index contributed by atoms with van der Waals surface area (Å²) in [5.41, 5.74) is 5.32. The van der Waals surface area contributed by atoms with Crippen molar-refractivity contribution in [3.63, 3.8) is 0 Å². The van der Waals surface area contributed by atoms with Gasteiger partial charge in [0, 0.05) is 6.54 Å². The highest BCUT2D eigenvalue weighted by atomic mass is 35.5. The van der Waals surface area contributed by atoms with Crippen LogP contribution in [0.15, 0.2) is 16.5 Å². The lowest BCUT2D eigenvalue weighted by Gasteiger charge is -2.30. The van der Waals surface area contributed by atoms with Crippen molar-refractivity contribution in [3.8, 4) is 0 Å². The van der Waals surface area contributed by atoms with E-state index in [1.165, 1.54) is 0 Å². The minimum Gasteiger partial charge on any atom is -0.440 e. The van der Waals surface area contributed by atoms with Crippen LogP contribution in [0, 0.1) is 0 Å². The first-order valence-corrected chi connectivity index (χ1v) is 5.72. The smallest absolute Gasteiger partial charge is 0.287 e. The van der Waals surface area contributed by atoms with Crippen LogP contribution in [0.3, 0.4) is 0 Å². The summed E-state index contributed by atoms with van der Waals surface area (Å²) in [6.07, 6.45) is 1.56. The summed E-state index contributed by atoms with van der Waals surface area (Å²) >= 11 is 5.61. The number of rotatable bonds is 5. The molecule has 0 bridgehead atoms. The van der Waals surface area contributed by atoms with Gasteiger partial charge < -0.3 is 15.5 Å². The Kier molecular flexibility index (Phi) is 6.60. The average molecular weight is 281 g/mol. The number of nitrogens with two attached hydrogens (primary N) is 1. The van der Waals surface area contributed by atoms with Gasteiger partial charge in [-0.3, -0.25) is 4.79 Å². The molecule has 0 aromatic carbocycles. The molecule has 0 saturated carbocycles. The van der Waals surface area contributed by atoms with E-state index in [-0.39, 0.29) is 34.8 Å². The van der Waals surface area contributed by atoms with E-state index in [4.69, 9.17) is 21.8 Å². The topological polar surface area (TPSA) is 68.3 Å². The predicted molar refractivity (Wildman–Crippen MR) is 70.8 cm³/mol. The summed E-state index contributed by atoms with van der Waals surface area (Å²) in [5, 5.41) is 3.10. The Morgan fingerprint density at radius 1 is 1.47 bits per heavy atom. The van der Waals surface area contributed by atoms with Gasteiger partial charge in [-0.2, -0.15) is 0 Å². The third-order valence-electron chi connectivity index (χ3n) is 2.92. The Balaban J connectivity index is 0.00000256. The summed E-state index contributed by atoms with van der Waals surface area (Å²) in [6, 6.07) is 3.09. The summed E-state index contributed by atoms with van der Waals surface area (Å²) < 4.78 is 5.04. The molecule has 0 aliphatic heterocycles. The van der Waals surface area contributed by atoms with E-state index in [9.17, 15) is 4.79 Å². The predicted octanol–water partition coefficient (Wildman–Crippen LogP) is 2.60. The Labute approximate surface area is 112 Å². The quantitative estimate of drug-likeness (QED) is 0.871. The van der Waals surface area contributed by atoms with E-state index in [1.54, 1.807) is 12.1 Å². The molecule has 4 nitrogen and oxygen atoms in total. The van der Waals surface area contributed by atoms with Gasteiger partial charge >= 0.3 is 0 Å². The lowest BCUT2D eigenvalue weighted by atomic mass is 9.93. The molecule has 1 rings (SSSR count). The van der Waals surface area contributed by atoms with E-state index >= 15 is 0 Å². The molecule has 3 N–H and O–H groups in total. The number of hydrogen-bond acceptors (Lipinski definition) is 3. The minimum absolute atomic E-state index is 0. The average Bonchev–Trinajstić information content (AvgIpc) is 2.73. The Hall–Kier alpha value is -0.710. The standard InChI is InChI=1S/C11H17ClN2O2.ClH/c1-3-11(4-2,7-13)14-10(15)8-5-6-9(12)16-8;/h5-6H,3-4,7,13H2,1-2H3,(H,14,15);1H. The first kappa shape index (κ1) is 16.3. The third-order valence-corrected chi connectivity index (χ3v) is 3.12. The van der Waals surface area contributed by atoms with Crippen molar-refractivity contribution in [2.24, 2.45) is 5.73 Å². The second-order valence-corrected chi connectivity index (χ2v) is 4.12. The van der Waals surface area contributed by atoms with E-state index in [0.717, 1.165) is 12.8 Å². The van der Waals surface area contributed by atoms with Gasteiger partial charge in [0.05, 0.1) is 5.54 Å². The molecular weight excluding hydrogens is 263 g/mol. The second kappa shape index (κ2) is 6.89. The largest absolute Gasteiger partial charge is 0.440 e. The Bertz CT molecular complexity index is 354. The van der Waals surface area contributed by atoms with Crippen molar-refractivity contribution in [1.29, 1.82) is 0 Å². The molecule has 6 heteroatoms. The molecular formula is C11H18Cl2N2O2. The summed E-state index contributed by atoms with van der Waals surface area (Å²) in [5.74, 6) is -0.0641. The number of halogens is 2. The molecule has 0 saturated heterocycles. The summed E-state index contributed by atoms with van der Waals surface area (Å²) in [4.78, 5) is 11.8. The van der Waals surface area contributed by atoms with Gasteiger partial charge in [-0.15, -0.1) is 12.4 Å². The van der Waals surface area contributed by atoms with Crippen LogP contribution in [-0.2, 0) is 0 Å². The van der Waals surface area contributed by atoms with Crippen LogP contribution < -0.4 is 11.1 Å². The van der Waals surface area contributed by atoms with Gasteiger partial charge in [0.2, 0.25) is 0 Å². The normalized spacial score (nSPS) is 10.8. The zero-order valence-electron chi connectivity index (χ0n) is 9.96. The molecule has 1 aromatic heterocycles. The van der Waals surface area contributed by atoms with Crippen molar-refractivity contribution in [3.05, 3.63) is 23.1 Å². The third kappa shape index (κ3) is 3.91. The minimum atomic E-state index is -0.365. The number of nitrogens with one attached hydrogen (secondary N) is 1. The molecule has 1 heterocycles. The van der Waals surface area contributed by atoms with E-state index in [2.05, 4.69) is 5.32 Å². The fourth-order valence-electron chi connectivity index (χ4n) is 1.51. The van der Waals surface area contributed by atoms with Crippen LogP contribution in [0.5, 0.6) is 0 Å². The first-order valence-electron chi connectivity index (χ1n) is 5.35. The van der Waals surface area contributed by atoms with Gasteiger partial charge in [0.15, 0.2) is 11.0 Å². The van der Waals surface area contributed by atoms with Crippen molar-refractivity contribution in [1.82, 2.24) is 5.32 Å². The molecule has 0 aliphatic rings. The number of hydrogen-bond donors (Lipinski definition) is 2. The number of amides is 1. The highest BCUT2D eigenvalue weighted by Gasteiger charge is 2.27. The molecule has 0 fully saturated rings. The van der Waals surface area contributed by atoms with Crippen LogP contribution in [0.1, 0.15) is 37.2 Å². The number of furan rings is 1. The van der Waals surface area contributed by atoms with Crippen molar-refractivity contribution in [2.45, 2.75) is 32.2 Å². The zero-order chi connectivity index (χ0) is 12.2. The lowest BCUT2D eigenvalue weighted by molar-refractivity contribution is 0.0866. The second-order valence-electron chi connectivity index (χ2n) is 3.75. The van der Waals surface area contributed by atoms with Gasteiger partial charge in [0.1, 0.15) is 0 Å². The molecule has 0 atom stereocenters. The summed E-state index contributed by atoms with van der Waals surface area (Å²) in [6.45, 7) is 4.39. The molecule has 0 spiro atoms. The van der Waals surface area contributed by atoms with Crippen molar-refractivity contribution in [2.75, 3.05) is 6.54 Å². The van der Waals surface area contributed by atoms with Crippen LogP contribution in [-0.4, -0.2) is 18.0 Å². The molecule has 1 aromatic rings. The van der Waals surface area contributed by atoms with Gasteiger partial charge in [-0.05, 0) is 36.6 Å². The van der Waals surface area contributed by atoms with Gasteiger partial charge in [0.25, 0.3) is 5.91 Å². The molecule has 0 aliphatic carbocycles. The Morgan fingerprint density at radius 3 is 2.41 bits per heavy atom. The lowest BCUT2D eigenvalue weighted by Crippen LogP contribution is -2.52. The number of carbonyl (C=O) groups is 1. The van der Waals surface area contributed by atoms with Crippen LogP contribution in [0.25, 0.3) is 0 Å². The molecule has 98 valence electrons. The Morgan fingerprint density at radius 2 is 2.06 bits per heavy atom. The highest BCUT2D eigenvalue weighted by Crippen LogP contribution is 2.17. The fraction of sp³-hybridized carbons (Fsp3) is 0.545. The maximum absolute atomic E-state index is 11.8. The van der Waals surface area contributed by atoms with Gasteiger partial charge in [-0.1, -0.05) is 13.8 Å². The zero-order valence-corrected chi connectivity index (χ0v) is 11.5. The first-order chi connectivity index (χ1) is 7.56. The van der Waals surface area contributed by atoms with E-state index in [1.807, 2.05) is 13.8 Å². The maximum Gasteiger partial charge on any atom is 0.287 e.